The molecule has 1 unspecified atom stereocenters. The van der Waals surface area contributed by atoms with Gasteiger partial charge in [-0.3, -0.25) is 4.98 Å². The highest BCUT2D eigenvalue weighted by molar-refractivity contribution is 8.45. The van der Waals surface area contributed by atoms with Crippen LogP contribution in [0.4, 0.5) is 19.4 Å². The van der Waals surface area contributed by atoms with Gasteiger partial charge >= 0.3 is 10.2 Å². The van der Waals surface area contributed by atoms with Crippen molar-refractivity contribution in [3.63, 3.8) is 0 Å². The fourth-order valence-electron chi connectivity index (χ4n) is 7.51. The number of ether oxygens (including phenoxy) is 3. The molecule has 2 fully saturated rings. The molecular formula is C34H48F5NO4SSi. The number of pyridine rings is 1. The van der Waals surface area contributed by atoms with Crippen molar-refractivity contribution in [3.8, 4) is 0 Å². The summed E-state index contributed by atoms with van der Waals surface area (Å²) in [4.78, 5) is 3.55. The SMILES string of the molecule is CC1(C)Cc2nc(C3CCOCC3)c3c(c2C(O[Si](C)(C)C(C)(C)C)C1)C1(CCOCC1)O[C@@H]3c1ccc(S(F)(F)(F)(F)F)cc1. The standard InChI is InChI=1S/C34H48F5NO4SSi/c1-32(2,3)46(6,7)44-26-21-33(4,5)20-25-27(26)29-28(30(40-25)22-12-16-41-17-13-22)31(43-34(29)14-18-42-19-15-34)23-8-10-24(11-9-23)45(35,36,37,38)39/h8-11,22,26,31H,12-21H2,1-7H3/t26?,31-/m1/s1. The van der Waals surface area contributed by atoms with E-state index in [1.807, 2.05) is 0 Å². The minimum absolute atomic E-state index is 0.0343. The zero-order chi connectivity index (χ0) is 33.6. The van der Waals surface area contributed by atoms with Crippen LogP contribution in [0.5, 0.6) is 0 Å². The highest BCUT2D eigenvalue weighted by Crippen LogP contribution is 3.02. The van der Waals surface area contributed by atoms with Gasteiger partial charge in [0.1, 0.15) is 11.0 Å². The van der Waals surface area contributed by atoms with Gasteiger partial charge in [0.05, 0.1) is 17.4 Å². The maximum Gasteiger partial charge on any atom is 0.310 e. The zero-order valence-corrected chi connectivity index (χ0v) is 29.8. The van der Waals surface area contributed by atoms with Crippen LogP contribution in [-0.4, -0.2) is 39.7 Å². The van der Waals surface area contributed by atoms with Crippen LogP contribution in [0.2, 0.25) is 18.1 Å². The van der Waals surface area contributed by atoms with Crippen LogP contribution in [0.15, 0.2) is 29.2 Å². The second-order valence-corrected chi connectivity index (χ2v) is 23.3. The number of benzene rings is 1. The molecule has 4 heterocycles. The molecule has 2 saturated heterocycles. The number of hydrogen-bond donors (Lipinski definition) is 0. The second-order valence-electron chi connectivity index (χ2n) is 16.1. The van der Waals surface area contributed by atoms with E-state index in [1.54, 1.807) is 0 Å². The van der Waals surface area contributed by atoms with Crippen LogP contribution in [0, 0.1) is 5.41 Å². The quantitative estimate of drug-likeness (QED) is 0.231. The van der Waals surface area contributed by atoms with Gasteiger partial charge in [0.25, 0.3) is 0 Å². The first-order valence-electron chi connectivity index (χ1n) is 16.4. The molecule has 2 atom stereocenters. The van der Waals surface area contributed by atoms with Gasteiger partial charge in [-0.2, -0.15) is 0 Å². The third-order valence-electron chi connectivity index (χ3n) is 10.9. The topological polar surface area (TPSA) is 49.8 Å². The van der Waals surface area contributed by atoms with Crippen LogP contribution >= 0.6 is 10.2 Å². The minimum Gasteiger partial charge on any atom is -0.410 e. The molecule has 6 rings (SSSR count). The summed E-state index contributed by atoms with van der Waals surface area (Å²) in [6.07, 6.45) is 3.23. The van der Waals surface area contributed by atoms with Crippen molar-refractivity contribution in [2.24, 2.45) is 5.41 Å². The number of halogens is 5. The Morgan fingerprint density at radius 3 is 2.04 bits per heavy atom. The number of aromatic nitrogens is 1. The highest BCUT2D eigenvalue weighted by Gasteiger charge is 2.65. The molecule has 0 saturated carbocycles. The summed E-state index contributed by atoms with van der Waals surface area (Å²) in [5.41, 5.74) is 4.45. The van der Waals surface area contributed by atoms with Crippen LogP contribution < -0.4 is 0 Å². The summed E-state index contributed by atoms with van der Waals surface area (Å²) in [5.74, 6) is 0.0719. The van der Waals surface area contributed by atoms with E-state index in [1.165, 1.54) is 0 Å². The van der Waals surface area contributed by atoms with Crippen LogP contribution in [0.3, 0.4) is 0 Å². The molecule has 2 aromatic rings. The molecule has 3 aliphatic heterocycles. The Balaban J connectivity index is 1.60. The summed E-state index contributed by atoms with van der Waals surface area (Å²) in [7, 11) is -12.1. The summed E-state index contributed by atoms with van der Waals surface area (Å²) < 4.78 is 94.5. The molecule has 1 aromatic heterocycles. The molecule has 0 bridgehead atoms. The molecule has 46 heavy (non-hydrogen) atoms. The summed E-state index contributed by atoms with van der Waals surface area (Å²) in [5, 5.41) is -0.0343. The van der Waals surface area contributed by atoms with Crippen molar-refractivity contribution in [1.82, 2.24) is 4.98 Å². The average molecular weight is 690 g/mol. The van der Waals surface area contributed by atoms with Crippen molar-refractivity contribution >= 4 is 18.5 Å². The molecule has 0 radical (unpaired) electrons. The Morgan fingerprint density at radius 2 is 1.48 bits per heavy atom. The van der Waals surface area contributed by atoms with Crippen LogP contribution in [-0.2, 0) is 30.7 Å². The number of hydrogen-bond acceptors (Lipinski definition) is 5. The zero-order valence-electron chi connectivity index (χ0n) is 28.0. The van der Waals surface area contributed by atoms with Crippen molar-refractivity contribution in [2.75, 3.05) is 26.4 Å². The van der Waals surface area contributed by atoms with E-state index in [2.05, 4.69) is 47.7 Å². The number of rotatable bonds is 5. The molecule has 0 N–H and O–H groups in total. The first kappa shape index (κ1) is 34.3. The smallest absolute Gasteiger partial charge is 0.310 e. The van der Waals surface area contributed by atoms with Gasteiger partial charge in [0.2, 0.25) is 0 Å². The van der Waals surface area contributed by atoms with E-state index >= 15 is 0 Å². The van der Waals surface area contributed by atoms with Gasteiger partial charge in [0, 0.05) is 62.0 Å². The Bertz CT molecular complexity index is 1500. The van der Waals surface area contributed by atoms with E-state index < -0.39 is 35.1 Å². The van der Waals surface area contributed by atoms with Gasteiger partial charge in [-0.15, -0.1) is 0 Å². The van der Waals surface area contributed by atoms with E-state index in [9.17, 15) is 19.4 Å². The molecule has 4 aliphatic rings. The largest absolute Gasteiger partial charge is 0.410 e. The normalized spacial score (nSPS) is 26.7. The predicted molar refractivity (Wildman–Crippen MR) is 173 cm³/mol. The predicted octanol–water partition coefficient (Wildman–Crippen LogP) is 10.8. The highest BCUT2D eigenvalue weighted by atomic mass is 32.5. The number of nitrogens with zero attached hydrogens (tertiary/aromatic N) is 1. The van der Waals surface area contributed by atoms with Gasteiger partial charge in [0.15, 0.2) is 8.32 Å². The summed E-state index contributed by atoms with van der Waals surface area (Å²) in [6, 6.07) is 3.31. The van der Waals surface area contributed by atoms with Crippen LogP contribution in [0.1, 0.15) is 118 Å². The first-order chi connectivity index (χ1) is 21.0. The summed E-state index contributed by atoms with van der Waals surface area (Å²) >= 11 is 0. The van der Waals surface area contributed by atoms with Crippen LogP contribution in [0.25, 0.3) is 0 Å². The first-order valence-corrected chi connectivity index (χ1v) is 21.3. The van der Waals surface area contributed by atoms with Gasteiger partial charge < -0.3 is 18.6 Å². The van der Waals surface area contributed by atoms with Crippen molar-refractivity contribution in [3.05, 3.63) is 57.9 Å². The molecule has 1 aromatic carbocycles. The number of fused-ring (bicyclic) bond motifs is 4. The van der Waals surface area contributed by atoms with Crippen molar-refractivity contribution in [2.45, 2.75) is 120 Å². The monoisotopic (exact) mass is 689 g/mol. The Morgan fingerprint density at radius 1 is 0.891 bits per heavy atom. The Kier molecular flexibility index (Phi) is 7.80. The molecular weight excluding hydrogens is 642 g/mol. The summed E-state index contributed by atoms with van der Waals surface area (Å²) in [6.45, 7) is 17.8. The fraction of sp³-hybridized carbons (Fsp3) is 0.676. The second kappa shape index (κ2) is 10.5. The molecule has 1 spiro atoms. The maximum absolute atomic E-state index is 13.7. The van der Waals surface area contributed by atoms with Gasteiger partial charge in [-0.05, 0) is 72.5 Å². The third-order valence-corrected chi connectivity index (χ3v) is 16.6. The molecule has 5 nitrogen and oxygen atoms in total. The van der Waals surface area contributed by atoms with Crippen molar-refractivity contribution in [1.29, 1.82) is 0 Å². The molecule has 258 valence electrons. The Labute approximate surface area is 270 Å². The lowest BCUT2D eigenvalue weighted by atomic mass is 9.69. The van der Waals surface area contributed by atoms with Gasteiger partial charge in [-0.1, -0.05) is 66.2 Å². The molecule has 12 heteroatoms. The molecule has 0 amide bonds. The lowest BCUT2D eigenvalue weighted by Gasteiger charge is -2.46. The van der Waals surface area contributed by atoms with E-state index in [-0.39, 0.29) is 22.5 Å². The maximum atomic E-state index is 13.7. The minimum atomic E-state index is -9.84. The lowest BCUT2D eigenvalue weighted by molar-refractivity contribution is -0.122. The average Bonchev–Trinajstić information content (AvgIpc) is 3.24. The van der Waals surface area contributed by atoms with Crippen molar-refractivity contribution < 1.29 is 38.1 Å². The third kappa shape index (κ3) is 6.31. The lowest BCUT2D eigenvalue weighted by Crippen LogP contribution is -2.45. The van der Waals surface area contributed by atoms with E-state index in [4.69, 9.17) is 23.6 Å². The fourth-order valence-corrected chi connectivity index (χ4v) is 9.43. The van der Waals surface area contributed by atoms with Gasteiger partial charge in [-0.25, -0.2) is 0 Å². The van der Waals surface area contributed by atoms with E-state index in [0.29, 0.717) is 57.0 Å². The molecule has 1 aliphatic carbocycles. The van der Waals surface area contributed by atoms with E-state index in [0.717, 1.165) is 65.9 Å². The Hall–Kier alpha value is -1.57.